The molecule has 2 saturated heterocycles. The van der Waals surface area contributed by atoms with Crippen LogP contribution in [0.25, 0.3) is 11.0 Å². The molecule has 6 rings (SSSR count). The molecule has 2 aliphatic heterocycles. The lowest BCUT2D eigenvalue weighted by atomic mass is 9.93. The second-order valence-electron chi connectivity index (χ2n) is 9.54. The Hall–Kier alpha value is -3.24. The van der Waals surface area contributed by atoms with Gasteiger partial charge in [-0.15, -0.1) is 0 Å². The monoisotopic (exact) mass is 491 g/mol. The van der Waals surface area contributed by atoms with E-state index in [2.05, 4.69) is 42.2 Å². The number of nitrogens with one attached hydrogen (secondary N) is 1. The molecule has 36 heavy (non-hydrogen) atoms. The molecule has 0 atom stereocenters. The van der Waals surface area contributed by atoms with Crippen molar-refractivity contribution in [2.45, 2.75) is 37.8 Å². The molecule has 1 saturated carbocycles. The molecule has 1 aromatic carbocycles. The van der Waals surface area contributed by atoms with Crippen LogP contribution < -0.4 is 19.9 Å². The van der Waals surface area contributed by atoms with Crippen LogP contribution in [-0.4, -0.2) is 84.7 Å². The molecule has 0 unspecified atom stereocenters. The van der Waals surface area contributed by atoms with Crippen LogP contribution in [0, 0.1) is 0 Å². The van der Waals surface area contributed by atoms with E-state index >= 15 is 0 Å². The van der Waals surface area contributed by atoms with Crippen molar-refractivity contribution in [3.63, 3.8) is 0 Å². The van der Waals surface area contributed by atoms with Crippen molar-refractivity contribution < 1.29 is 14.2 Å². The number of hydrogen-bond acceptors (Lipinski definition) is 10. The normalized spacial score (nSPS) is 23.0. The van der Waals surface area contributed by atoms with Crippen molar-refractivity contribution in [1.29, 1.82) is 0 Å². The van der Waals surface area contributed by atoms with E-state index in [0.29, 0.717) is 6.04 Å². The highest BCUT2D eigenvalue weighted by Gasteiger charge is 2.25. The Morgan fingerprint density at radius 1 is 0.806 bits per heavy atom. The highest BCUT2D eigenvalue weighted by atomic mass is 16.5. The van der Waals surface area contributed by atoms with Gasteiger partial charge in [0.1, 0.15) is 17.1 Å². The Labute approximate surface area is 211 Å². The van der Waals surface area contributed by atoms with Crippen LogP contribution in [0.1, 0.15) is 25.7 Å². The molecule has 3 fully saturated rings. The fourth-order valence-electron chi connectivity index (χ4n) is 5.18. The first kappa shape index (κ1) is 23.2. The minimum absolute atomic E-state index is 0.155. The second-order valence-corrected chi connectivity index (χ2v) is 9.54. The standard InChI is InChI=1S/C26H33N7O3/c1-3-21(4-2-19(1)30-24-5-6-29-26(31-24)33-11-15-35-16-12-33)36-23-18-20(32-9-13-34-14-10-32)17-22-25(23)28-8-7-27-22/h5-8,17-19,21H,1-4,9-16H2,(H,29,30,31). The average molecular weight is 492 g/mol. The van der Waals surface area contributed by atoms with Gasteiger partial charge in [0.25, 0.3) is 0 Å². The number of hydrogen-bond donors (Lipinski definition) is 1. The van der Waals surface area contributed by atoms with Crippen molar-refractivity contribution >= 4 is 28.5 Å². The summed E-state index contributed by atoms with van der Waals surface area (Å²) in [4.78, 5) is 22.9. The molecule has 0 bridgehead atoms. The summed E-state index contributed by atoms with van der Waals surface area (Å²) < 4.78 is 17.5. The van der Waals surface area contributed by atoms with Crippen LogP contribution in [0.5, 0.6) is 5.75 Å². The van der Waals surface area contributed by atoms with E-state index in [1.807, 2.05) is 12.3 Å². The Balaban J connectivity index is 1.10. The first-order chi connectivity index (χ1) is 17.8. The number of fused-ring (bicyclic) bond motifs is 1. The van der Waals surface area contributed by atoms with Crippen LogP contribution >= 0.6 is 0 Å². The lowest BCUT2D eigenvalue weighted by molar-refractivity contribution is 0.122. The van der Waals surface area contributed by atoms with Crippen LogP contribution in [-0.2, 0) is 9.47 Å². The molecule has 4 heterocycles. The van der Waals surface area contributed by atoms with E-state index in [9.17, 15) is 0 Å². The van der Waals surface area contributed by atoms with E-state index in [4.69, 9.17) is 19.2 Å². The van der Waals surface area contributed by atoms with Gasteiger partial charge in [0, 0.05) is 62.6 Å². The number of benzene rings is 1. The van der Waals surface area contributed by atoms with Gasteiger partial charge in [0.2, 0.25) is 5.95 Å². The van der Waals surface area contributed by atoms with Crippen molar-refractivity contribution in [2.24, 2.45) is 0 Å². The van der Waals surface area contributed by atoms with E-state index in [-0.39, 0.29) is 6.10 Å². The summed E-state index contributed by atoms with van der Waals surface area (Å²) in [7, 11) is 0. The molecule has 0 amide bonds. The van der Waals surface area contributed by atoms with Gasteiger partial charge in [-0.05, 0) is 37.8 Å². The maximum atomic E-state index is 6.56. The van der Waals surface area contributed by atoms with Gasteiger partial charge in [-0.25, -0.2) is 9.97 Å². The third kappa shape index (κ3) is 5.29. The first-order valence-electron chi connectivity index (χ1n) is 13.0. The third-order valence-electron chi connectivity index (χ3n) is 7.16. The van der Waals surface area contributed by atoms with Gasteiger partial charge < -0.3 is 29.3 Å². The average Bonchev–Trinajstić information content (AvgIpc) is 2.95. The maximum Gasteiger partial charge on any atom is 0.227 e. The van der Waals surface area contributed by atoms with Crippen molar-refractivity contribution in [1.82, 2.24) is 19.9 Å². The molecule has 3 aromatic rings. The Kier molecular flexibility index (Phi) is 6.95. The third-order valence-corrected chi connectivity index (χ3v) is 7.16. The molecule has 10 nitrogen and oxygen atoms in total. The first-order valence-corrected chi connectivity index (χ1v) is 13.0. The van der Waals surface area contributed by atoms with Gasteiger partial charge in [-0.3, -0.25) is 4.98 Å². The number of nitrogens with zero attached hydrogens (tertiary/aromatic N) is 6. The Morgan fingerprint density at radius 3 is 2.31 bits per heavy atom. The lowest BCUT2D eigenvalue weighted by Gasteiger charge is -2.32. The molecule has 3 aliphatic rings. The van der Waals surface area contributed by atoms with Crippen LogP contribution in [0.4, 0.5) is 17.5 Å². The highest BCUT2D eigenvalue weighted by molar-refractivity contribution is 5.85. The topological polar surface area (TPSA) is 97.8 Å². The molecule has 2 aromatic heterocycles. The number of aromatic nitrogens is 4. The Morgan fingerprint density at radius 2 is 1.53 bits per heavy atom. The van der Waals surface area contributed by atoms with E-state index < -0.39 is 0 Å². The SMILES string of the molecule is c1cc(NC2CCC(Oc3cc(N4CCOCC4)cc4nccnc34)CC2)nc(N2CCOCC2)n1. The van der Waals surface area contributed by atoms with Crippen molar-refractivity contribution in [3.8, 4) is 5.75 Å². The molecule has 1 aliphatic carbocycles. The highest BCUT2D eigenvalue weighted by Crippen LogP contribution is 2.33. The van der Waals surface area contributed by atoms with E-state index in [1.165, 1.54) is 0 Å². The molecular formula is C26H33N7O3. The van der Waals surface area contributed by atoms with Gasteiger partial charge in [0.05, 0.1) is 38.0 Å². The zero-order valence-corrected chi connectivity index (χ0v) is 20.5. The van der Waals surface area contributed by atoms with Gasteiger partial charge in [-0.2, -0.15) is 4.98 Å². The summed E-state index contributed by atoms with van der Waals surface area (Å²) in [6.45, 7) is 6.34. The number of anilines is 3. The van der Waals surface area contributed by atoms with Gasteiger partial charge in [0.15, 0.2) is 0 Å². The zero-order valence-electron chi connectivity index (χ0n) is 20.5. The summed E-state index contributed by atoms with van der Waals surface area (Å²) in [6, 6.07) is 6.55. The summed E-state index contributed by atoms with van der Waals surface area (Å²) in [5.74, 6) is 2.48. The number of ether oxygens (including phenoxy) is 3. The number of morpholine rings is 2. The van der Waals surface area contributed by atoms with E-state index in [0.717, 1.165) is 113 Å². The molecule has 190 valence electrons. The second kappa shape index (κ2) is 10.8. The minimum atomic E-state index is 0.155. The van der Waals surface area contributed by atoms with Gasteiger partial charge >= 0.3 is 0 Å². The van der Waals surface area contributed by atoms with Crippen molar-refractivity contribution in [2.75, 3.05) is 67.7 Å². The van der Waals surface area contributed by atoms with Crippen LogP contribution in [0.2, 0.25) is 0 Å². The zero-order chi connectivity index (χ0) is 24.2. The van der Waals surface area contributed by atoms with Crippen LogP contribution in [0.3, 0.4) is 0 Å². The Bertz CT molecular complexity index is 1160. The summed E-state index contributed by atoms with van der Waals surface area (Å²) in [5.41, 5.74) is 2.81. The van der Waals surface area contributed by atoms with E-state index in [1.54, 1.807) is 12.4 Å². The molecule has 0 radical (unpaired) electrons. The largest absolute Gasteiger partial charge is 0.488 e. The summed E-state index contributed by atoms with van der Waals surface area (Å²) in [6.07, 6.45) is 9.46. The predicted molar refractivity (Wildman–Crippen MR) is 138 cm³/mol. The fraction of sp³-hybridized carbons (Fsp3) is 0.538. The molecular weight excluding hydrogens is 458 g/mol. The quantitative estimate of drug-likeness (QED) is 0.554. The smallest absolute Gasteiger partial charge is 0.227 e. The summed E-state index contributed by atoms with van der Waals surface area (Å²) >= 11 is 0. The maximum absolute atomic E-state index is 6.56. The number of rotatable bonds is 6. The predicted octanol–water partition coefficient (Wildman–Crippen LogP) is 2.90. The lowest BCUT2D eigenvalue weighted by Crippen LogP contribution is -2.37. The van der Waals surface area contributed by atoms with Crippen molar-refractivity contribution in [3.05, 3.63) is 36.8 Å². The minimum Gasteiger partial charge on any atom is -0.488 e. The van der Waals surface area contributed by atoms with Crippen LogP contribution in [0.15, 0.2) is 36.8 Å². The van der Waals surface area contributed by atoms with Gasteiger partial charge in [-0.1, -0.05) is 0 Å². The fourth-order valence-corrected chi connectivity index (χ4v) is 5.18. The molecule has 10 heteroatoms. The molecule has 0 spiro atoms. The summed E-state index contributed by atoms with van der Waals surface area (Å²) in [5, 5.41) is 3.62. The molecule has 1 N–H and O–H groups in total.